The van der Waals surface area contributed by atoms with E-state index in [2.05, 4.69) is 26.7 Å². The van der Waals surface area contributed by atoms with Crippen molar-refractivity contribution in [1.82, 2.24) is 14.9 Å². The third kappa shape index (κ3) is 6.75. The molecule has 0 atom stereocenters. The number of fused-ring (bicyclic) bond motifs is 1. The van der Waals surface area contributed by atoms with Gasteiger partial charge >= 0.3 is 0 Å². The lowest BCUT2D eigenvalue weighted by Crippen LogP contribution is -2.13. The second-order valence-corrected chi connectivity index (χ2v) is 9.64. The summed E-state index contributed by atoms with van der Waals surface area (Å²) in [6.45, 7) is 0.680. The Morgan fingerprint density at radius 2 is 1.97 bits per heavy atom. The van der Waals surface area contributed by atoms with Crippen molar-refractivity contribution in [2.75, 3.05) is 38.4 Å². The van der Waals surface area contributed by atoms with Crippen LogP contribution in [0.4, 0.5) is 17.3 Å². The number of nitrogens with zero attached hydrogens (tertiary/aromatic N) is 3. The average Bonchev–Trinajstić information content (AvgIpc) is 2.84. The lowest BCUT2D eigenvalue weighted by atomic mass is 10.1. The number of methoxy groups -OCH3 is 1. The zero-order valence-electron chi connectivity index (χ0n) is 20.2. The molecule has 0 bridgehead atoms. The van der Waals surface area contributed by atoms with Gasteiger partial charge in [0, 0.05) is 39.8 Å². The molecule has 0 radical (unpaired) electrons. The molecule has 0 spiro atoms. The Morgan fingerprint density at radius 1 is 1.14 bits per heavy atom. The number of amides is 1. The molecule has 4 aromatic rings. The third-order valence-electron chi connectivity index (χ3n) is 5.09. The Bertz CT molecular complexity index is 1410. The van der Waals surface area contributed by atoms with Gasteiger partial charge in [-0.05, 0) is 55.9 Å². The number of hydrogen-bond acceptors (Lipinski definition) is 7. The Balaban J connectivity index is 1.51. The molecule has 1 aromatic heterocycles. The van der Waals surface area contributed by atoms with Crippen molar-refractivity contribution >= 4 is 57.4 Å². The molecule has 4 rings (SSSR count). The summed E-state index contributed by atoms with van der Waals surface area (Å²) in [4.78, 5) is 24.2. The van der Waals surface area contributed by atoms with Gasteiger partial charge in [0.05, 0.1) is 12.8 Å². The lowest BCUT2D eigenvalue weighted by Gasteiger charge is -2.13. The maximum absolute atomic E-state index is 12.2. The molecule has 0 saturated carbocycles. The highest BCUT2D eigenvalue weighted by atomic mass is 35.5. The van der Waals surface area contributed by atoms with Crippen LogP contribution in [-0.4, -0.2) is 48.5 Å². The van der Waals surface area contributed by atoms with Gasteiger partial charge < -0.3 is 20.3 Å². The quantitative estimate of drug-likeness (QED) is 0.200. The van der Waals surface area contributed by atoms with E-state index in [9.17, 15) is 4.79 Å². The fraction of sp³-hybridized carbons (Fsp3) is 0.148. The molecule has 184 valence electrons. The molecule has 0 saturated heterocycles. The highest BCUT2D eigenvalue weighted by molar-refractivity contribution is 7.99. The average molecular weight is 520 g/mol. The molecule has 36 heavy (non-hydrogen) atoms. The zero-order valence-corrected chi connectivity index (χ0v) is 21.7. The van der Waals surface area contributed by atoms with Crippen LogP contribution in [0.25, 0.3) is 10.8 Å². The molecule has 3 aromatic carbocycles. The second kappa shape index (κ2) is 11.9. The van der Waals surface area contributed by atoms with Gasteiger partial charge in [0.1, 0.15) is 10.8 Å². The maximum atomic E-state index is 12.2. The number of halogens is 1. The molecule has 7 nitrogen and oxygen atoms in total. The molecule has 1 amide bonds. The van der Waals surface area contributed by atoms with Crippen LogP contribution in [0.2, 0.25) is 5.02 Å². The van der Waals surface area contributed by atoms with Crippen LogP contribution in [0, 0.1) is 0 Å². The number of rotatable bonds is 9. The van der Waals surface area contributed by atoms with Crippen LogP contribution >= 0.6 is 23.4 Å². The number of benzene rings is 3. The summed E-state index contributed by atoms with van der Waals surface area (Å²) >= 11 is 7.98. The molecular weight excluding hydrogens is 494 g/mol. The normalized spacial score (nSPS) is 11.2. The van der Waals surface area contributed by atoms with Crippen molar-refractivity contribution in [3.63, 3.8) is 0 Å². The summed E-state index contributed by atoms with van der Waals surface area (Å²) in [5.41, 5.74) is 1.25. The predicted molar refractivity (Wildman–Crippen MR) is 148 cm³/mol. The van der Waals surface area contributed by atoms with Crippen molar-refractivity contribution in [3.8, 4) is 5.75 Å². The van der Waals surface area contributed by atoms with Crippen LogP contribution in [0.15, 0.2) is 88.9 Å². The first-order chi connectivity index (χ1) is 17.4. The maximum Gasteiger partial charge on any atom is 0.248 e. The van der Waals surface area contributed by atoms with Crippen LogP contribution in [-0.2, 0) is 4.79 Å². The van der Waals surface area contributed by atoms with E-state index in [-0.39, 0.29) is 5.91 Å². The van der Waals surface area contributed by atoms with E-state index < -0.39 is 0 Å². The molecule has 0 aliphatic heterocycles. The van der Waals surface area contributed by atoms with E-state index in [1.54, 1.807) is 37.6 Å². The topological polar surface area (TPSA) is 79.4 Å². The molecule has 0 aliphatic rings. The number of anilines is 3. The second-order valence-electron chi connectivity index (χ2n) is 8.14. The van der Waals surface area contributed by atoms with Crippen LogP contribution in [0.3, 0.4) is 0 Å². The number of carbonyl (C=O) groups is 1. The minimum absolute atomic E-state index is 0.211. The van der Waals surface area contributed by atoms with Crippen molar-refractivity contribution in [2.24, 2.45) is 0 Å². The largest absolute Gasteiger partial charge is 0.495 e. The summed E-state index contributed by atoms with van der Waals surface area (Å²) in [6.07, 6.45) is 5.01. The monoisotopic (exact) mass is 519 g/mol. The van der Waals surface area contributed by atoms with E-state index in [0.717, 1.165) is 20.7 Å². The highest BCUT2D eigenvalue weighted by Gasteiger charge is 2.10. The Morgan fingerprint density at radius 3 is 2.78 bits per heavy atom. The summed E-state index contributed by atoms with van der Waals surface area (Å²) in [7, 11) is 5.46. The molecule has 1 heterocycles. The first-order valence-electron chi connectivity index (χ1n) is 11.2. The molecule has 0 aliphatic carbocycles. The lowest BCUT2D eigenvalue weighted by molar-refractivity contribution is -0.111. The van der Waals surface area contributed by atoms with Gasteiger partial charge in [-0.1, -0.05) is 53.7 Å². The molecular formula is C27H26ClN5O2S. The van der Waals surface area contributed by atoms with Gasteiger partial charge in [-0.25, -0.2) is 9.97 Å². The Labute approximate surface area is 219 Å². The van der Waals surface area contributed by atoms with Crippen LogP contribution in [0.5, 0.6) is 5.75 Å². The van der Waals surface area contributed by atoms with E-state index in [1.165, 1.54) is 17.8 Å². The first kappa shape index (κ1) is 25.5. The third-order valence-corrected chi connectivity index (χ3v) is 6.31. The smallest absolute Gasteiger partial charge is 0.248 e. The summed E-state index contributed by atoms with van der Waals surface area (Å²) in [5.74, 6) is 0.787. The predicted octanol–water partition coefficient (Wildman–Crippen LogP) is 6.24. The summed E-state index contributed by atoms with van der Waals surface area (Å²) < 4.78 is 5.48. The van der Waals surface area contributed by atoms with Gasteiger partial charge in [0.25, 0.3) is 0 Å². The fourth-order valence-corrected chi connectivity index (χ4v) is 4.65. The SMILES string of the molecule is COc1ccc(NC(=O)/C=C/CN(C)C)cc1Nc1nccc(Sc2cc(Cl)c3ccccc3c2)n1. The van der Waals surface area contributed by atoms with Gasteiger partial charge in [0.15, 0.2) is 0 Å². The van der Waals surface area contributed by atoms with Crippen LogP contribution in [0.1, 0.15) is 0 Å². The van der Waals surface area contributed by atoms with E-state index in [0.29, 0.717) is 34.6 Å². The highest BCUT2D eigenvalue weighted by Crippen LogP contribution is 2.34. The Hall–Kier alpha value is -3.59. The molecule has 0 fully saturated rings. The minimum atomic E-state index is -0.211. The minimum Gasteiger partial charge on any atom is -0.495 e. The van der Waals surface area contributed by atoms with Gasteiger partial charge in [-0.15, -0.1) is 0 Å². The number of carbonyl (C=O) groups excluding carboxylic acids is 1. The number of aromatic nitrogens is 2. The van der Waals surface area contributed by atoms with Crippen molar-refractivity contribution in [1.29, 1.82) is 0 Å². The van der Waals surface area contributed by atoms with Crippen molar-refractivity contribution in [3.05, 3.63) is 84.0 Å². The van der Waals surface area contributed by atoms with Crippen molar-refractivity contribution < 1.29 is 9.53 Å². The summed E-state index contributed by atoms with van der Waals surface area (Å²) in [6, 6.07) is 19.2. The number of hydrogen-bond donors (Lipinski definition) is 2. The zero-order chi connectivity index (χ0) is 25.5. The van der Waals surface area contributed by atoms with Gasteiger partial charge in [-0.3, -0.25) is 4.79 Å². The van der Waals surface area contributed by atoms with E-state index in [1.807, 2.05) is 55.4 Å². The standard InChI is InChI=1S/C27H26ClN5O2S/c1-33(2)14-6-9-25(34)30-19-10-11-24(35-3)23(16-19)31-27-29-13-12-26(32-27)36-20-15-18-7-4-5-8-21(18)22(28)17-20/h4-13,15-17H,14H2,1-3H3,(H,30,34)(H,29,31,32)/b9-6+. The van der Waals surface area contributed by atoms with Gasteiger partial charge in [-0.2, -0.15) is 0 Å². The van der Waals surface area contributed by atoms with E-state index >= 15 is 0 Å². The Kier molecular flexibility index (Phi) is 8.43. The molecule has 2 N–H and O–H groups in total. The fourth-order valence-electron chi connectivity index (χ4n) is 3.44. The number of likely N-dealkylation sites (N-methyl/N-ethyl adjacent to an activating group) is 1. The first-order valence-corrected chi connectivity index (χ1v) is 12.4. The van der Waals surface area contributed by atoms with Gasteiger partial charge in [0.2, 0.25) is 11.9 Å². The number of nitrogens with one attached hydrogen (secondary N) is 2. The van der Waals surface area contributed by atoms with Crippen LogP contribution < -0.4 is 15.4 Å². The molecule has 9 heteroatoms. The molecule has 0 unspecified atom stereocenters. The van der Waals surface area contributed by atoms with E-state index in [4.69, 9.17) is 16.3 Å². The summed E-state index contributed by atoms with van der Waals surface area (Å²) in [5, 5.41) is 9.60. The van der Waals surface area contributed by atoms with Crippen molar-refractivity contribution in [2.45, 2.75) is 9.92 Å². The number of ether oxygens (including phenoxy) is 1.